The zero-order chi connectivity index (χ0) is 16.8. The molecule has 0 spiro atoms. The van der Waals surface area contributed by atoms with Gasteiger partial charge < -0.3 is 10.6 Å². The number of nitrogens with zero attached hydrogens (tertiary/aromatic N) is 2. The van der Waals surface area contributed by atoms with Crippen LogP contribution in [0.5, 0.6) is 0 Å². The van der Waals surface area contributed by atoms with E-state index >= 15 is 0 Å². The summed E-state index contributed by atoms with van der Waals surface area (Å²) >= 11 is 0. The van der Waals surface area contributed by atoms with Gasteiger partial charge in [0.2, 0.25) is 5.91 Å². The van der Waals surface area contributed by atoms with Gasteiger partial charge in [-0.2, -0.15) is 5.10 Å². The van der Waals surface area contributed by atoms with E-state index in [-0.39, 0.29) is 5.91 Å². The van der Waals surface area contributed by atoms with Crippen molar-refractivity contribution in [3.8, 4) is 11.3 Å². The Morgan fingerprint density at radius 3 is 2.79 bits per heavy atom. The summed E-state index contributed by atoms with van der Waals surface area (Å²) in [5.74, 6) is 0.0521. The number of amides is 1. The highest BCUT2D eigenvalue weighted by Gasteiger charge is 2.19. The van der Waals surface area contributed by atoms with Crippen LogP contribution >= 0.6 is 0 Å². The lowest BCUT2D eigenvalue weighted by Gasteiger charge is -2.31. The summed E-state index contributed by atoms with van der Waals surface area (Å²) in [6.45, 7) is 2.99. The first-order valence-electron chi connectivity index (χ1n) is 8.49. The van der Waals surface area contributed by atoms with Crippen LogP contribution < -0.4 is 10.6 Å². The second kappa shape index (κ2) is 8.08. The van der Waals surface area contributed by atoms with Crippen LogP contribution in [0.25, 0.3) is 11.3 Å². The van der Waals surface area contributed by atoms with E-state index in [4.69, 9.17) is 0 Å². The van der Waals surface area contributed by atoms with Crippen LogP contribution in [0.15, 0.2) is 36.5 Å². The molecule has 1 aliphatic heterocycles. The van der Waals surface area contributed by atoms with Crippen LogP contribution in [0.2, 0.25) is 0 Å². The molecule has 0 radical (unpaired) electrons. The van der Waals surface area contributed by atoms with Crippen molar-refractivity contribution in [1.29, 1.82) is 0 Å². The van der Waals surface area contributed by atoms with Gasteiger partial charge in [-0.1, -0.05) is 30.3 Å². The lowest BCUT2D eigenvalue weighted by atomic mass is 10.1. The summed E-state index contributed by atoms with van der Waals surface area (Å²) in [5, 5.41) is 13.5. The van der Waals surface area contributed by atoms with Gasteiger partial charge in [-0.15, -0.1) is 0 Å². The smallest absolute Gasteiger partial charge is 0.234 e. The number of H-pyrrole nitrogens is 1. The van der Waals surface area contributed by atoms with E-state index in [9.17, 15) is 4.79 Å². The Hall–Kier alpha value is -2.18. The molecule has 1 aromatic heterocycles. The van der Waals surface area contributed by atoms with Gasteiger partial charge in [0, 0.05) is 18.2 Å². The number of aromatic amines is 1. The highest BCUT2D eigenvalue weighted by atomic mass is 16.2. The SMILES string of the molecule is CN(CC(=O)NCc1cn[nH]c1-c1ccccc1)C1CCNCC1. The van der Waals surface area contributed by atoms with Gasteiger partial charge in [0.15, 0.2) is 0 Å². The van der Waals surface area contributed by atoms with Crippen LogP contribution in [0.3, 0.4) is 0 Å². The molecule has 0 bridgehead atoms. The van der Waals surface area contributed by atoms with Crippen molar-refractivity contribution in [2.45, 2.75) is 25.4 Å². The number of rotatable bonds is 6. The first kappa shape index (κ1) is 16.7. The number of benzene rings is 1. The van der Waals surface area contributed by atoms with Gasteiger partial charge in [-0.3, -0.25) is 14.8 Å². The molecule has 6 heteroatoms. The van der Waals surface area contributed by atoms with Gasteiger partial charge in [0.25, 0.3) is 0 Å². The maximum atomic E-state index is 12.2. The molecule has 0 unspecified atom stereocenters. The second-order valence-corrected chi connectivity index (χ2v) is 6.31. The molecule has 24 heavy (non-hydrogen) atoms. The number of aromatic nitrogens is 2. The molecule has 1 amide bonds. The summed E-state index contributed by atoms with van der Waals surface area (Å²) in [5.41, 5.74) is 3.03. The van der Waals surface area contributed by atoms with E-state index in [1.807, 2.05) is 37.4 Å². The topological polar surface area (TPSA) is 73.0 Å². The standard InChI is InChI=1S/C18H25N5O/c1-23(16-7-9-19-10-8-16)13-17(24)20-11-15-12-21-22-18(15)14-5-3-2-4-6-14/h2-6,12,16,19H,7-11,13H2,1H3,(H,20,24)(H,21,22). The molecule has 1 saturated heterocycles. The third-order valence-electron chi connectivity index (χ3n) is 4.58. The van der Waals surface area contributed by atoms with Crippen LogP contribution in [-0.2, 0) is 11.3 Å². The van der Waals surface area contributed by atoms with Crippen LogP contribution in [0.4, 0.5) is 0 Å². The lowest BCUT2D eigenvalue weighted by Crippen LogP contribution is -2.45. The minimum absolute atomic E-state index is 0.0521. The largest absolute Gasteiger partial charge is 0.351 e. The number of carbonyl (C=O) groups excluding carboxylic acids is 1. The Labute approximate surface area is 142 Å². The van der Waals surface area contributed by atoms with Crippen molar-refractivity contribution in [2.24, 2.45) is 0 Å². The monoisotopic (exact) mass is 327 g/mol. The Bertz CT molecular complexity index is 648. The maximum Gasteiger partial charge on any atom is 0.234 e. The molecule has 3 rings (SSSR count). The molecule has 0 atom stereocenters. The number of carbonyl (C=O) groups is 1. The van der Waals surface area contributed by atoms with Crippen molar-refractivity contribution in [1.82, 2.24) is 25.7 Å². The molecule has 0 aliphatic carbocycles. The molecule has 3 N–H and O–H groups in total. The fraction of sp³-hybridized carbons (Fsp3) is 0.444. The number of piperidine rings is 1. The summed E-state index contributed by atoms with van der Waals surface area (Å²) in [7, 11) is 2.03. The number of hydrogen-bond acceptors (Lipinski definition) is 4. The van der Waals surface area contributed by atoms with Crippen LogP contribution in [0.1, 0.15) is 18.4 Å². The third kappa shape index (κ3) is 4.21. The molecule has 1 fully saturated rings. The molecule has 6 nitrogen and oxygen atoms in total. The molecule has 2 heterocycles. The average molecular weight is 327 g/mol. The number of hydrogen-bond donors (Lipinski definition) is 3. The highest BCUT2D eigenvalue weighted by Crippen LogP contribution is 2.20. The first-order chi connectivity index (χ1) is 11.7. The van der Waals surface area contributed by atoms with Crippen molar-refractivity contribution < 1.29 is 4.79 Å². The Morgan fingerprint density at radius 1 is 1.29 bits per heavy atom. The van der Waals surface area contributed by atoms with Gasteiger partial charge in [0.1, 0.15) is 0 Å². The first-order valence-corrected chi connectivity index (χ1v) is 8.49. The zero-order valence-corrected chi connectivity index (χ0v) is 14.1. The minimum Gasteiger partial charge on any atom is -0.351 e. The normalized spacial score (nSPS) is 15.6. The van der Waals surface area contributed by atoms with E-state index in [1.165, 1.54) is 0 Å². The van der Waals surface area contributed by atoms with E-state index in [0.29, 0.717) is 19.1 Å². The molecule has 128 valence electrons. The molecule has 0 saturated carbocycles. The van der Waals surface area contributed by atoms with E-state index in [2.05, 4.69) is 25.7 Å². The average Bonchev–Trinajstić information content (AvgIpc) is 3.10. The van der Waals surface area contributed by atoms with Crippen LogP contribution in [-0.4, -0.2) is 53.7 Å². The maximum absolute atomic E-state index is 12.2. The van der Waals surface area contributed by atoms with Gasteiger partial charge >= 0.3 is 0 Å². The second-order valence-electron chi connectivity index (χ2n) is 6.31. The van der Waals surface area contributed by atoms with Gasteiger partial charge in [-0.25, -0.2) is 0 Å². The van der Waals surface area contributed by atoms with Crippen molar-refractivity contribution in [3.05, 3.63) is 42.1 Å². The van der Waals surface area contributed by atoms with Crippen LogP contribution in [0, 0.1) is 0 Å². The van der Waals surface area contributed by atoms with Crippen molar-refractivity contribution >= 4 is 5.91 Å². The summed E-state index contributed by atoms with van der Waals surface area (Å²) < 4.78 is 0. The van der Waals surface area contributed by atoms with Gasteiger partial charge in [0.05, 0.1) is 18.4 Å². The minimum atomic E-state index is 0.0521. The molecular weight excluding hydrogens is 302 g/mol. The summed E-state index contributed by atoms with van der Waals surface area (Å²) in [4.78, 5) is 14.4. The van der Waals surface area contributed by atoms with E-state index in [0.717, 1.165) is 42.8 Å². The number of nitrogens with one attached hydrogen (secondary N) is 3. The Balaban J connectivity index is 1.52. The lowest BCUT2D eigenvalue weighted by molar-refractivity contribution is -0.122. The summed E-state index contributed by atoms with van der Waals surface area (Å²) in [6.07, 6.45) is 3.98. The Kier molecular flexibility index (Phi) is 5.61. The van der Waals surface area contributed by atoms with E-state index in [1.54, 1.807) is 6.20 Å². The predicted molar refractivity (Wildman–Crippen MR) is 94.4 cm³/mol. The third-order valence-corrected chi connectivity index (χ3v) is 4.58. The van der Waals surface area contributed by atoms with E-state index < -0.39 is 0 Å². The van der Waals surface area contributed by atoms with Crippen molar-refractivity contribution in [3.63, 3.8) is 0 Å². The molecular formula is C18H25N5O. The fourth-order valence-electron chi connectivity index (χ4n) is 3.15. The van der Waals surface area contributed by atoms with Crippen molar-refractivity contribution in [2.75, 3.05) is 26.7 Å². The molecule has 1 aliphatic rings. The highest BCUT2D eigenvalue weighted by molar-refractivity contribution is 5.78. The fourth-order valence-corrected chi connectivity index (χ4v) is 3.15. The van der Waals surface area contributed by atoms with Gasteiger partial charge in [-0.05, 0) is 38.5 Å². The Morgan fingerprint density at radius 2 is 2.04 bits per heavy atom. The molecule has 1 aromatic carbocycles. The molecule has 2 aromatic rings. The number of likely N-dealkylation sites (N-methyl/N-ethyl adjacent to an activating group) is 1. The zero-order valence-electron chi connectivity index (χ0n) is 14.1. The summed E-state index contributed by atoms with van der Waals surface area (Å²) in [6, 6.07) is 10.5. The quantitative estimate of drug-likeness (QED) is 0.749. The predicted octanol–water partition coefficient (Wildman–Crippen LogP) is 1.38.